The van der Waals surface area contributed by atoms with Crippen LogP contribution in [0.2, 0.25) is 0 Å². The number of benzene rings is 1. The molecule has 3 N–H and O–H groups in total. The summed E-state index contributed by atoms with van der Waals surface area (Å²) in [4.78, 5) is 12.3. The smallest absolute Gasteiger partial charge is 0.352 e. The third kappa shape index (κ3) is 3.48. The summed E-state index contributed by atoms with van der Waals surface area (Å²) < 4.78 is 38.8. The molecule has 0 saturated heterocycles. The highest BCUT2D eigenvalue weighted by Crippen LogP contribution is 2.47. The predicted octanol–water partition coefficient (Wildman–Crippen LogP) is 3.12. The molecule has 1 aromatic rings. The maximum atomic E-state index is 12.9. The van der Waals surface area contributed by atoms with Crippen molar-refractivity contribution in [2.24, 2.45) is 23.5 Å². The van der Waals surface area contributed by atoms with E-state index in [9.17, 15) is 18.0 Å². The zero-order chi connectivity index (χ0) is 15.9. The number of amides is 1. The molecule has 0 aromatic heterocycles. The first-order chi connectivity index (χ1) is 10.4. The Morgan fingerprint density at radius 1 is 1.22 bits per heavy atom. The third-order valence-electron chi connectivity index (χ3n) is 5.06. The summed E-state index contributed by atoms with van der Waals surface area (Å²) in [5, 5.41) is 2.65. The standard InChI is InChI=1S/C16H19F3N2O.ClH/c17-16(18,19)12-4-2-1-3-11(12)8-21-15(22)13-9-5-6-10(7-9)14(13)20;/h1-4,9-10,13-14H,5-8,20H2,(H,21,22);1H. The summed E-state index contributed by atoms with van der Waals surface area (Å²) in [5.74, 6) is 0.217. The van der Waals surface area contributed by atoms with Crippen LogP contribution in [0.3, 0.4) is 0 Å². The highest BCUT2D eigenvalue weighted by atomic mass is 35.5. The fraction of sp³-hybridized carbons (Fsp3) is 0.562. The van der Waals surface area contributed by atoms with Crippen molar-refractivity contribution in [2.45, 2.75) is 38.0 Å². The number of halogens is 4. The van der Waals surface area contributed by atoms with Crippen LogP contribution in [0.1, 0.15) is 30.4 Å². The second-order valence-corrected chi connectivity index (χ2v) is 6.31. The Bertz CT molecular complexity index is 577. The quantitative estimate of drug-likeness (QED) is 0.881. The fourth-order valence-electron chi connectivity index (χ4n) is 3.98. The van der Waals surface area contributed by atoms with Gasteiger partial charge in [-0.1, -0.05) is 18.2 Å². The molecule has 2 saturated carbocycles. The van der Waals surface area contributed by atoms with Crippen molar-refractivity contribution in [3.05, 3.63) is 35.4 Å². The molecular weight excluding hydrogens is 329 g/mol. The van der Waals surface area contributed by atoms with E-state index in [2.05, 4.69) is 5.32 Å². The Morgan fingerprint density at radius 3 is 2.48 bits per heavy atom. The molecule has 4 unspecified atom stereocenters. The Balaban J connectivity index is 0.00000192. The summed E-state index contributed by atoms with van der Waals surface area (Å²) in [6, 6.07) is 5.16. The molecule has 7 heteroatoms. The van der Waals surface area contributed by atoms with Crippen LogP contribution < -0.4 is 11.1 Å². The Hall–Kier alpha value is -1.27. The van der Waals surface area contributed by atoms with Crippen molar-refractivity contribution in [2.75, 3.05) is 0 Å². The predicted molar refractivity (Wildman–Crippen MR) is 82.8 cm³/mol. The van der Waals surface area contributed by atoms with Gasteiger partial charge in [0, 0.05) is 12.6 Å². The lowest BCUT2D eigenvalue weighted by molar-refractivity contribution is -0.138. The van der Waals surface area contributed by atoms with Crippen molar-refractivity contribution in [3.63, 3.8) is 0 Å². The molecule has 3 rings (SSSR count). The highest BCUT2D eigenvalue weighted by molar-refractivity contribution is 5.85. The molecule has 0 spiro atoms. The molecule has 0 radical (unpaired) electrons. The number of carbonyl (C=O) groups is 1. The number of nitrogens with one attached hydrogen (secondary N) is 1. The number of hydrogen-bond donors (Lipinski definition) is 2. The Labute approximate surface area is 139 Å². The van der Waals surface area contributed by atoms with Crippen LogP contribution in [0.15, 0.2) is 24.3 Å². The van der Waals surface area contributed by atoms with Crippen molar-refractivity contribution < 1.29 is 18.0 Å². The molecule has 1 amide bonds. The van der Waals surface area contributed by atoms with Crippen LogP contribution in [0.5, 0.6) is 0 Å². The highest BCUT2D eigenvalue weighted by Gasteiger charge is 2.49. The zero-order valence-corrected chi connectivity index (χ0v) is 13.3. The lowest BCUT2D eigenvalue weighted by atomic mass is 9.84. The molecule has 23 heavy (non-hydrogen) atoms. The van der Waals surface area contributed by atoms with Gasteiger partial charge in [0.1, 0.15) is 0 Å². The molecule has 2 aliphatic rings. The van der Waals surface area contributed by atoms with Crippen LogP contribution >= 0.6 is 12.4 Å². The van der Waals surface area contributed by atoms with Crippen molar-refractivity contribution in [1.29, 1.82) is 0 Å². The fourth-order valence-corrected chi connectivity index (χ4v) is 3.98. The Kier molecular flexibility index (Phi) is 5.26. The molecule has 3 nitrogen and oxygen atoms in total. The van der Waals surface area contributed by atoms with Crippen LogP contribution in [0.25, 0.3) is 0 Å². The van der Waals surface area contributed by atoms with Gasteiger partial charge < -0.3 is 11.1 Å². The van der Waals surface area contributed by atoms with E-state index < -0.39 is 11.7 Å². The van der Waals surface area contributed by atoms with Gasteiger partial charge in [-0.25, -0.2) is 0 Å². The van der Waals surface area contributed by atoms with Crippen LogP contribution in [-0.2, 0) is 17.5 Å². The van der Waals surface area contributed by atoms with Gasteiger partial charge in [-0.3, -0.25) is 4.79 Å². The molecule has 2 fully saturated rings. The van der Waals surface area contributed by atoms with E-state index in [-0.39, 0.29) is 48.3 Å². The Morgan fingerprint density at radius 2 is 1.87 bits per heavy atom. The van der Waals surface area contributed by atoms with Gasteiger partial charge in [-0.2, -0.15) is 13.2 Å². The normalized spacial score (nSPS) is 29.2. The molecular formula is C16H20ClF3N2O. The zero-order valence-electron chi connectivity index (χ0n) is 12.5. The van der Waals surface area contributed by atoms with Gasteiger partial charge in [0.2, 0.25) is 5.91 Å². The summed E-state index contributed by atoms with van der Waals surface area (Å²) >= 11 is 0. The number of alkyl halides is 3. The van der Waals surface area contributed by atoms with Crippen LogP contribution in [-0.4, -0.2) is 11.9 Å². The maximum absolute atomic E-state index is 12.9. The first-order valence-corrected chi connectivity index (χ1v) is 7.56. The molecule has 4 atom stereocenters. The summed E-state index contributed by atoms with van der Waals surface area (Å²) in [7, 11) is 0. The van der Waals surface area contributed by atoms with E-state index in [1.165, 1.54) is 12.1 Å². The minimum absolute atomic E-state index is 0. The first-order valence-electron chi connectivity index (χ1n) is 7.56. The minimum Gasteiger partial charge on any atom is -0.352 e. The van der Waals surface area contributed by atoms with Crippen LogP contribution in [0, 0.1) is 17.8 Å². The number of nitrogens with two attached hydrogens (primary N) is 1. The largest absolute Gasteiger partial charge is 0.416 e. The van der Waals surface area contributed by atoms with Crippen molar-refractivity contribution in [3.8, 4) is 0 Å². The molecule has 128 valence electrons. The monoisotopic (exact) mass is 348 g/mol. The second kappa shape index (κ2) is 6.69. The third-order valence-corrected chi connectivity index (χ3v) is 5.06. The van der Waals surface area contributed by atoms with Gasteiger partial charge in [0.15, 0.2) is 0 Å². The molecule has 2 aliphatic carbocycles. The van der Waals surface area contributed by atoms with E-state index in [4.69, 9.17) is 5.73 Å². The van der Waals surface area contributed by atoms with E-state index in [0.717, 1.165) is 25.3 Å². The molecule has 1 aromatic carbocycles. The van der Waals surface area contributed by atoms with E-state index in [1.807, 2.05) is 0 Å². The van der Waals surface area contributed by atoms with Gasteiger partial charge in [-0.05, 0) is 42.7 Å². The van der Waals surface area contributed by atoms with Crippen LogP contribution in [0.4, 0.5) is 13.2 Å². The minimum atomic E-state index is -4.41. The van der Waals surface area contributed by atoms with E-state index in [1.54, 1.807) is 6.07 Å². The average molecular weight is 349 g/mol. The summed E-state index contributed by atoms with van der Waals surface area (Å²) in [5.41, 5.74) is 5.47. The number of carbonyl (C=O) groups excluding carboxylic acids is 1. The van der Waals surface area contributed by atoms with Gasteiger partial charge >= 0.3 is 6.18 Å². The summed E-state index contributed by atoms with van der Waals surface area (Å²) in [6.45, 7) is -0.116. The van der Waals surface area contributed by atoms with Gasteiger partial charge in [-0.15, -0.1) is 12.4 Å². The molecule has 2 bridgehead atoms. The average Bonchev–Trinajstić information content (AvgIpc) is 3.05. The molecule has 0 aliphatic heterocycles. The second-order valence-electron chi connectivity index (χ2n) is 6.31. The lowest BCUT2D eigenvalue weighted by Gasteiger charge is -2.27. The van der Waals surface area contributed by atoms with E-state index >= 15 is 0 Å². The topological polar surface area (TPSA) is 55.1 Å². The molecule has 0 heterocycles. The van der Waals surface area contributed by atoms with Crippen molar-refractivity contribution in [1.82, 2.24) is 5.32 Å². The van der Waals surface area contributed by atoms with Gasteiger partial charge in [0.05, 0.1) is 11.5 Å². The lowest BCUT2D eigenvalue weighted by Crippen LogP contribution is -2.45. The van der Waals surface area contributed by atoms with Gasteiger partial charge in [0.25, 0.3) is 0 Å². The SMILES string of the molecule is Cl.NC1C2CCC(C2)C1C(=O)NCc1ccccc1C(F)(F)F. The van der Waals surface area contributed by atoms with E-state index in [0.29, 0.717) is 5.92 Å². The number of rotatable bonds is 3. The first kappa shape index (κ1) is 18.1. The number of hydrogen-bond acceptors (Lipinski definition) is 2. The van der Waals surface area contributed by atoms with Crippen molar-refractivity contribution >= 4 is 18.3 Å². The summed E-state index contributed by atoms with van der Waals surface area (Å²) in [6.07, 6.45) is -1.38. The maximum Gasteiger partial charge on any atom is 0.416 e. The number of fused-ring (bicyclic) bond motifs is 2.